The zero-order chi connectivity index (χ0) is 15.5. The maximum absolute atomic E-state index is 12.3. The smallest absolute Gasteiger partial charge is 0.239 e. The summed E-state index contributed by atoms with van der Waals surface area (Å²) in [5, 5.41) is 0. The monoisotopic (exact) mass is 292 g/mol. The van der Waals surface area contributed by atoms with Crippen LogP contribution in [0.15, 0.2) is 30.3 Å². The van der Waals surface area contributed by atoms with Gasteiger partial charge < -0.3 is 15.4 Å². The molecule has 1 amide bonds. The van der Waals surface area contributed by atoms with E-state index in [1.54, 1.807) is 7.11 Å². The average molecular weight is 292 g/mol. The molecular weight excluding hydrogens is 264 g/mol. The van der Waals surface area contributed by atoms with Crippen molar-refractivity contribution in [1.29, 1.82) is 0 Å². The van der Waals surface area contributed by atoms with Crippen molar-refractivity contribution in [3.63, 3.8) is 0 Å². The Bertz CT molecular complexity index is 395. The Balaban J connectivity index is 2.47. The third-order valence-electron chi connectivity index (χ3n) is 3.53. The molecule has 0 aliphatic rings. The van der Waals surface area contributed by atoms with E-state index in [4.69, 9.17) is 10.5 Å². The van der Waals surface area contributed by atoms with Gasteiger partial charge in [-0.2, -0.15) is 0 Å². The van der Waals surface area contributed by atoms with E-state index in [2.05, 4.69) is 12.1 Å². The van der Waals surface area contributed by atoms with Crippen LogP contribution in [0.5, 0.6) is 0 Å². The van der Waals surface area contributed by atoms with E-state index in [0.717, 1.165) is 32.2 Å². The van der Waals surface area contributed by atoms with Crippen LogP contribution in [0.3, 0.4) is 0 Å². The van der Waals surface area contributed by atoms with E-state index in [0.29, 0.717) is 13.2 Å². The van der Waals surface area contributed by atoms with Gasteiger partial charge in [-0.3, -0.25) is 4.79 Å². The van der Waals surface area contributed by atoms with Gasteiger partial charge in [0.25, 0.3) is 0 Å². The van der Waals surface area contributed by atoms with Gasteiger partial charge in [0, 0.05) is 20.2 Å². The molecule has 0 spiro atoms. The summed E-state index contributed by atoms with van der Waals surface area (Å²) in [5.41, 5.74) is 7.25. The molecule has 118 valence electrons. The SMILES string of the molecule is CCCC(N)C(=O)N(CCCc1ccccc1)CCOC. The highest BCUT2D eigenvalue weighted by Crippen LogP contribution is 2.06. The zero-order valence-electron chi connectivity index (χ0n) is 13.3. The van der Waals surface area contributed by atoms with Crippen molar-refractivity contribution < 1.29 is 9.53 Å². The highest BCUT2D eigenvalue weighted by molar-refractivity contribution is 5.81. The maximum Gasteiger partial charge on any atom is 0.239 e. The van der Waals surface area contributed by atoms with E-state index in [1.165, 1.54) is 5.56 Å². The molecule has 0 saturated carbocycles. The number of aryl methyl sites for hydroxylation is 1. The van der Waals surface area contributed by atoms with Crippen LogP contribution in [-0.4, -0.2) is 43.7 Å². The lowest BCUT2D eigenvalue weighted by Gasteiger charge is -2.25. The highest BCUT2D eigenvalue weighted by atomic mass is 16.5. The van der Waals surface area contributed by atoms with Crippen molar-refractivity contribution in [1.82, 2.24) is 4.90 Å². The van der Waals surface area contributed by atoms with Crippen LogP contribution in [0.25, 0.3) is 0 Å². The second-order valence-electron chi connectivity index (χ2n) is 5.30. The quantitative estimate of drug-likeness (QED) is 0.719. The molecular formula is C17H28N2O2. The van der Waals surface area contributed by atoms with E-state index in [9.17, 15) is 4.79 Å². The molecule has 0 aliphatic carbocycles. The van der Waals surface area contributed by atoms with Gasteiger partial charge in [-0.1, -0.05) is 43.7 Å². The van der Waals surface area contributed by atoms with Crippen molar-refractivity contribution in [2.75, 3.05) is 26.8 Å². The van der Waals surface area contributed by atoms with Gasteiger partial charge in [0.2, 0.25) is 5.91 Å². The predicted molar refractivity (Wildman–Crippen MR) is 86.1 cm³/mol. The molecule has 0 saturated heterocycles. The van der Waals surface area contributed by atoms with Crippen molar-refractivity contribution in [2.45, 2.75) is 38.6 Å². The van der Waals surface area contributed by atoms with E-state index in [1.807, 2.05) is 30.0 Å². The van der Waals surface area contributed by atoms with E-state index >= 15 is 0 Å². The van der Waals surface area contributed by atoms with Crippen LogP contribution in [0, 0.1) is 0 Å². The van der Waals surface area contributed by atoms with Crippen LogP contribution in [0.4, 0.5) is 0 Å². The second kappa shape index (κ2) is 10.4. The summed E-state index contributed by atoms with van der Waals surface area (Å²) in [6.07, 6.45) is 3.58. The third-order valence-corrected chi connectivity index (χ3v) is 3.53. The van der Waals surface area contributed by atoms with Crippen LogP contribution >= 0.6 is 0 Å². The Morgan fingerprint density at radius 1 is 1.29 bits per heavy atom. The lowest BCUT2D eigenvalue weighted by atomic mass is 10.1. The lowest BCUT2D eigenvalue weighted by molar-refractivity contribution is -0.133. The van der Waals surface area contributed by atoms with Gasteiger partial charge in [0.05, 0.1) is 12.6 Å². The standard InChI is InChI=1S/C17H28N2O2/c1-3-8-16(18)17(20)19(13-14-21-2)12-7-11-15-9-5-4-6-10-15/h4-6,9-10,16H,3,7-8,11-14,18H2,1-2H3. The number of methoxy groups -OCH3 is 1. The number of hydrogen-bond donors (Lipinski definition) is 1. The third kappa shape index (κ3) is 6.74. The fourth-order valence-electron chi connectivity index (χ4n) is 2.32. The Kier molecular flexibility index (Phi) is 8.71. The Labute approximate surface area is 128 Å². The molecule has 1 aromatic carbocycles. The van der Waals surface area contributed by atoms with Crippen LogP contribution in [0.2, 0.25) is 0 Å². The molecule has 0 heterocycles. The molecule has 0 fully saturated rings. The first-order valence-electron chi connectivity index (χ1n) is 7.76. The summed E-state index contributed by atoms with van der Waals surface area (Å²) >= 11 is 0. The van der Waals surface area contributed by atoms with Gasteiger partial charge in [0.1, 0.15) is 0 Å². The van der Waals surface area contributed by atoms with Crippen molar-refractivity contribution in [3.05, 3.63) is 35.9 Å². The predicted octanol–water partition coefficient (Wildman–Crippen LogP) is 2.22. The van der Waals surface area contributed by atoms with Gasteiger partial charge in [-0.05, 0) is 24.8 Å². The number of benzene rings is 1. The molecule has 1 rings (SSSR count). The van der Waals surface area contributed by atoms with Crippen LogP contribution < -0.4 is 5.73 Å². The Hall–Kier alpha value is -1.39. The average Bonchev–Trinajstić information content (AvgIpc) is 2.51. The molecule has 4 heteroatoms. The molecule has 0 aliphatic heterocycles. The van der Waals surface area contributed by atoms with Crippen LogP contribution in [0.1, 0.15) is 31.7 Å². The fourth-order valence-corrected chi connectivity index (χ4v) is 2.32. The van der Waals surface area contributed by atoms with E-state index < -0.39 is 0 Å². The highest BCUT2D eigenvalue weighted by Gasteiger charge is 2.19. The van der Waals surface area contributed by atoms with Crippen molar-refractivity contribution in [2.24, 2.45) is 5.73 Å². The number of nitrogens with zero attached hydrogens (tertiary/aromatic N) is 1. The summed E-state index contributed by atoms with van der Waals surface area (Å²) in [4.78, 5) is 14.2. The summed E-state index contributed by atoms with van der Waals surface area (Å²) in [5.74, 6) is 0.0435. The minimum absolute atomic E-state index is 0.0435. The second-order valence-corrected chi connectivity index (χ2v) is 5.30. The minimum atomic E-state index is -0.386. The van der Waals surface area contributed by atoms with E-state index in [-0.39, 0.29) is 11.9 Å². The first-order valence-corrected chi connectivity index (χ1v) is 7.76. The lowest BCUT2D eigenvalue weighted by Crippen LogP contribution is -2.45. The number of amides is 1. The Morgan fingerprint density at radius 2 is 2.00 bits per heavy atom. The number of rotatable bonds is 10. The first-order chi connectivity index (χ1) is 10.2. The molecule has 2 N–H and O–H groups in total. The number of hydrogen-bond acceptors (Lipinski definition) is 3. The maximum atomic E-state index is 12.3. The van der Waals surface area contributed by atoms with Crippen molar-refractivity contribution in [3.8, 4) is 0 Å². The van der Waals surface area contributed by atoms with Gasteiger partial charge in [-0.15, -0.1) is 0 Å². The minimum Gasteiger partial charge on any atom is -0.383 e. The summed E-state index contributed by atoms with van der Waals surface area (Å²) in [6, 6.07) is 9.94. The molecule has 0 bridgehead atoms. The Morgan fingerprint density at radius 3 is 2.62 bits per heavy atom. The van der Waals surface area contributed by atoms with Gasteiger partial charge in [-0.25, -0.2) is 0 Å². The molecule has 1 aromatic rings. The fraction of sp³-hybridized carbons (Fsp3) is 0.588. The van der Waals surface area contributed by atoms with Crippen LogP contribution in [-0.2, 0) is 16.0 Å². The van der Waals surface area contributed by atoms with Gasteiger partial charge in [0.15, 0.2) is 0 Å². The molecule has 1 atom stereocenters. The first kappa shape index (κ1) is 17.7. The molecule has 21 heavy (non-hydrogen) atoms. The summed E-state index contributed by atoms with van der Waals surface area (Å²) in [6.45, 7) is 3.94. The van der Waals surface area contributed by atoms with Gasteiger partial charge >= 0.3 is 0 Å². The number of ether oxygens (including phenoxy) is 1. The molecule has 1 unspecified atom stereocenters. The largest absolute Gasteiger partial charge is 0.383 e. The molecule has 0 aromatic heterocycles. The number of nitrogens with two attached hydrogens (primary N) is 1. The normalized spacial score (nSPS) is 12.1. The molecule has 0 radical (unpaired) electrons. The topological polar surface area (TPSA) is 55.6 Å². The molecule has 4 nitrogen and oxygen atoms in total. The summed E-state index contributed by atoms with van der Waals surface area (Å²) < 4.78 is 5.09. The zero-order valence-corrected chi connectivity index (χ0v) is 13.3. The number of carbonyl (C=O) groups is 1. The van der Waals surface area contributed by atoms with Crippen molar-refractivity contribution >= 4 is 5.91 Å². The number of carbonyl (C=O) groups excluding carboxylic acids is 1. The summed E-state index contributed by atoms with van der Waals surface area (Å²) in [7, 11) is 1.65.